The normalized spacial score (nSPS) is 21.6. The van der Waals surface area contributed by atoms with Gasteiger partial charge in [0.2, 0.25) is 5.91 Å². The number of nitrogens with zero attached hydrogens (tertiary/aromatic N) is 1. The summed E-state index contributed by atoms with van der Waals surface area (Å²) in [5.74, 6) is -0.884. The van der Waals surface area contributed by atoms with Crippen LogP contribution in [0, 0.1) is 11.3 Å². The third-order valence-electron chi connectivity index (χ3n) is 4.41. The summed E-state index contributed by atoms with van der Waals surface area (Å²) in [5.41, 5.74) is -0.681. The average molecular weight is 492 g/mol. The Balaban J connectivity index is 0.00000625. The molecule has 0 radical (unpaired) electrons. The molecule has 0 bridgehead atoms. The van der Waals surface area contributed by atoms with Gasteiger partial charge in [-0.15, -0.1) is 24.0 Å². The van der Waals surface area contributed by atoms with E-state index in [9.17, 15) is 18.0 Å². The zero-order chi connectivity index (χ0) is 19.1. The summed E-state index contributed by atoms with van der Waals surface area (Å²) >= 11 is 0. The first-order valence-electron chi connectivity index (χ1n) is 9.00. The Morgan fingerprint density at radius 2 is 1.73 bits per heavy atom. The number of guanidine groups is 1. The summed E-state index contributed by atoms with van der Waals surface area (Å²) in [7, 11) is 0. The lowest BCUT2D eigenvalue weighted by Crippen LogP contribution is -2.47. The van der Waals surface area contributed by atoms with Crippen molar-refractivity contribution in [1.29, 1.82) is 0 Å². The summed E-state index contributed by atoms with van der Waals surface area (Å²) < 4.78 is 38.8. The molecule has 0 aromatic heterocycles. The van der Waals surface area contributed by atoms with Gasteiger partial charge < -0.3 is 16.0 Å². The Morgan fingerprint density at radius 3 is 2.27 bits per heavy atom. The van der Waals surface area contributed by atoms with Crippen molar-refractivity contribution in [1.82, 2.24) is 16.0 Å². The average Bonchev–Trinajstić information content (AvgIpc) is 2.52. The highest BCUT2D eigenvalue weighted by molar-refractivity contribution is 14.0. The molecule has 0 aromatic carbocycles. The van der Waals surface area contributed by atoms with Crippen LogP contribution in [0.5, 0.6) is 0 Å². The molecule has 3 N–H and O–H groups in total. The topological polar surface area (TPSA) is 65.5 Å². The summed E-state index contributed by atoms with van der Waals surface area (Å²) in [6.45, 7) is 8.74. The van der Waals surface area contributed by atoms with Crippen LogP contribution in [0.1, 0.15) is 53.4 Å². The van der Waals surface area contributed by atoms with E-state index in [1.807, 2.05) is 13.8 Å². The molecule has 0 saturated heterocycles. The van der Waals surface area contributed by atoms with Crippen molar-refractivity contribution in [3.8, 4) is 0 Å². The molecule has 1 aliphatic rings. The van der Waals surface area contributed by atoms with Crippen LogP contribution < -0.4 is 16.0 Å². The van der Waals surface area contributed by atoms with E-state index in [1.165, 1.54) is 0 Å². The van der Waals surface area contributed by atoms with E-state index in [2.05, 4.69) is 20.9 Å². The number of hydrogen-bond donors (Lipinski definition) is 3. The Kier molecular flexibility index (Phi) is 10.9. The lowest BCUT2D eigenvalue weighted by atomic mass is 9.85. The molecule has 1 rings (SSSR count). The standard InChI is InChI=1S/C17H31F3N4O.HI/c1-5-21-14(25)16(3,4)11-23-15(22-6-2)24-13-9-7-8-12(10-13)17(18,19)20;/h12-13H,5-11H2,1-4H3,(H,21,25)(H2,22,23,24);1H. The third kappa shape index (κ3) is 8.30. The predicted octanol–water partition coefficient (Wildman–Crippen LogP) is 3.44. The van der Waals surface area contributed by atoms with Crippen molar-refractivity contribution < 1.29 is 18.0 Å². The summed E-state index contributed by atoms with van der Waals surface area (Å²) in [5, 5.41) is 8.93. The molecule has 26 heavy (non-hydrogen) atoms. The van der Waals surface area contributed by atoms with Crippen molar-refractivity contribution in [2.24, 2.45) is 16.3 Å². The van der Waals surface area contributed by atoms with Crippen LogP contribution in [0.15, 0.2) is 4.99 Å². The van der Waals surface area contributed by atoms with Gasteiger partial charge in [0, 0.05) is 19.1 Å². The van der Waals surface area contributed by atoms with Crippen molar-refractivity contribution in [3.05, 3.63) is 0 Å². The van der Waals surface area contributed by atoms with Gasteiger partial charge >= 0.3 is 6.18 Å². The number of nitrogens with one attached hydrogen (secondary N) is 3. The van der Waals surface area contributed by atoms with E-state index in [1.54, 1.807) is 13.8 Å². The number of hydrogen-bond acceptors (Lipinski definition) is 2. The molecule has 1 amide bonds. The van der Waals surface area contributed by atoms with E-state index in [0.29, 0.717) is 31.9 Å². The van der Waals surface area contributed by atoms with Crippen LogP contribution in [-0.2, 0) is 4.79 Å². The number of amides is 1. The summed E-state index contributed by atoms with van der Waals surface area (Å²) in [6.07, 6.45) is -2.65. The van der Waals surface area contributed by atoms with Gasteiger partial charge in [0.25, 0.3) is 0 Å². The van der Waals surface area contributed by atoms with E-state index in [4.69, 9.17) is 0 Å². The van der Waals surface area contributed by atoms with Crippen molar-refractivity contribution in [2.45, 2.75) is 65.6 Å². The molecule has 0 aliphatic heterocycles. The summed E-state index contributed by atoms with van der Waals surface area (Å²) in [6, 6.07) is -0.259. The van der Waals surface area contributed by atoms with E-state index >= 15 is 0 Å². The quantitative estimate of drug-likeness (QED) is 0.303. The Hall–Kier alpha value is -0.740. The minimum Gasteiger partial charge on any atom is -0.357 e. The molecular weight excluding hydrogens is 460 g/mol. The fourth-order valence-corrected chi connectivity index (χ4v) is 2.88. The molecule has 2 unspecified atom stereocenters. The lowest BCUT2D eigenvalue weighted by molar-refractivity contribution is -0.183. The second-order valence-electron chi connectivity index (χ2n) is 7.18. The van der Waals surface area contributed by atoms with E-state index < -0.39 is 17.5 Å². The SMILES string of the molecule is CCNC(=O)C(C)(C)CN=C(NCC)NC1CCCC(C(F)(F)F)C1.I. The lowest BCUT2D eigenvalue weighted by Gasteiger charge is -2.32. The van der Waals surface area contributed by atoms with Gasteiger partial charge in [-0.3, -0.25) is 9.79 Å². The Labute approximate surface area is 171 Å². The molecule has 1 aliphatic carbocycles. The third-order valence-corrected chi connectivity index (χ3v) is 4.41. The first kappa shape index (κ1) is 25.3. The first-order chi connectivity index (χ1) is 11.6. The second-order valence-corrected chi connectivity index (χ2v) is 7.18. The molecule has 0 spiro atoms. The van der Waals surface area contributed by atoms with Gasteiger partial charge in [0.05, 0.1) is 17.9 Å². The highest BCUT2D eigenvalue weighted by Gasteiger charge is 2.42. The second kappa shape index (κ2) is 11.2. The van der Waals surface area contributed by atoms with E-state index in [0.717, 1.165) is 0 Å². The fourth-order valence-electron chi connectivity index (χ4n) is 2.88. The molecule has 154 valence electrons. The maximum absolute atomic E-state index is 12.9. The van der Waals surface area contributed by atoms with Crippen LogP contribution in [0.4, 0.5) is 13.2 Å². The smallest absolute Gasteiger partial charge is 0.357 e. The minimum absolute atomic E-state index is 0. The Morgan fingerprint density at radius 1 is 1.12 bits per heavy atom. The molecule has 0 aromatic rings. The zero-order valence-corrected chi connectivity index (χ0v) is 18.3. The van der Waals surface area contributed by atoms with Crippen molar-refractivity contribution in [3.63, 3.8) is 0 Å². The molecule has 9 heteroatoms. The predicted molar refractivity (Wildman–Crippen MR) is 109 cm³/mol. The fraction of sp³-hybridized carbons (Fsp3) is 0.882. The van der Waals surface area contributed by atoms with E-state index in [-0.39, 0.29) is 55.3 Å². The largest absolute Gasteiger partial charge is 0.391 e. The van der Waals surface area contributed by atoms with Gasteiger partial charge in [-0.2, -0.15) is 13.2 Å². The molecule has 0 heterocycles. The van der Waals surface area contributed by atoms with Crippen LogP contribution in [0.2, 0.25) is 0 Å². The molecule has 5 nitrogen and oxygen atoms in total. The highest BCUT2D eigenvalue weighted by atomic mass is 127. The number of rotatable bonds is 6. The molecule has 1 saturated carbocycles. The van der Waals surface area contributed by atoms with Gasteiger partial charge in [-0.05, 0) is 47.0 Å². The summed E-state index contributed by atoms with van der Waals surface area (Å²) in [4.78, 5) is 16.5. The first-order valence-corrected chi connectivity index (χ1v) is 9.00. The number of halogens is 4. The number of alkyl halides is 3. The van der Waals surface area contributed by atoms with Gasteiger partial charge in [-0.25, -0.2) is 0 Å². The monoisotopic (exact) mass is 492 g/mol. The van der Waals surface area contributed by atoms with Crippen LogP contribution in [-0.4, -0.2) is 43.7 Å². The Bertz CT molecular complexity index is 469. The van der Waals surface area contributed by atoms with Gasteiger partial charge in [0.1, 0.15) is 0 Å². The van der Waals surface area contributed by atoms with Gasteiger partial charge in [0.15, 0.2) is 5.96 Å². The maximum atomic E-state index is 12.9. The zero-order valence-electron chi connectivity index (χ0n) is 16.0. The molecule has 1 fully saturated rings. The molecule has 2 atom stereocenters. The number of aliphatic imine (C=N–C) groups is 1. The minimum atomic E-state index is -4.14. The maximum Gasteiger partial charge on any atom is 0.391 e. The number of carbonyl (C=O) groups is 1. The molecular formula is C17H32F3IN4O. The number of carbonyl (C=O) groups excluding carboxylic acids is 1. The highest BCUT2D eigenvalue weighted by Crippen LogP contribution is 2.37. The van der Waals surface area contributed by atoms with Crippen LogP contribution in [0.25, 0.3) is 0 Å². The van der Waals surface area contributed by atoms with Crippen molar-refractivity contribution >= 4 is 35.8 Å². The van der Waals surface area contributed by atoms with Crippen LogP contribution in [0.3, 0.4) is 0 Å². The van der Waals surface area contributed by atoms with Gasteiger partial charge in [-0.1, -0.05) is 6.42 Å². The van der Waals surface area contributed by atoms with Crippen LogP contribution >= 0.6 is 24.0 Å². The van der Waals surface area contributed by atoms with Crippen molar-refractivity contribution in [2.75, 3.05) is 19.6 Å².